The third-order valence-corrected chi connectivity index (χ3v) is 5.45. The number of ether oxygens (including phenoxy) is 3. The summed E-state index contributed by atoms with van der Waals surface area (Å²) in [4.78, 5) is 15.7. The van der Waals surface area contributed by atoms with Gasteiger partial charge >= 0.3 is 0 Å². The molecular formula is C20H30N2O4. The lowest BCUT2D eigenvalue weighted by Crippen LogP contribution is -2.44. The zero-order valence-corrected chi connectivity index (χ0v) is 16.1. The Balaban J connectivity index is 1.43. The second-order valence-corrected chi connectivity index (χ2v) is 7.54. The van der Waals surface area contributed by atoms with Crippen LogP contribution in [0.15, 0.2) is 24.3 Å². The quantitative estimate of drug-likeness (QED) is 0.774. The van der Waals surface area contributed by atoms with Gasteiger partial charge in [0.1, 0.15) is 12.4 Å². The Hall–Kier alpha value is -1.63. The Morgan fingerprint density at radius 2 is 1.96 bits per heavy atom. The zero-order valence-electron chi connectivity index (χ0n) is 16.1. The van der Waals surface area contributed by atoms with Gasteiger partial charge in [0.25, 0.3) is 0 Å². The van der Waals surface area contributed by atoms with Crippen LogP contribution in [0.2, 0.25) is 0 Å². The molecule has 1 spiro atoms. The molecule has 6 heteroatoms. The number of amides is 1. The van der Waals surface area contributed by atoms with Crippen molar-refractivity contribution in [2.24, 2.45) is 0 Å². The standard InChI is InChI=1S/C20H30N2O4/c1-21(2)19(23)15-25-18-12-20(26-14-18)8-10-22(11-9-20)13-16-4-6-17(24-3)7-5-16/h4-7,18H,8-15H2,1-3H3/t18-/m0/s1. The lowest BCUT2D eigenvalue weighted by Gasteiger charge is -2.38. The van der Waals surface area contributed by atoms with Crippen molar-refractivity contribution in [2.75, 3.05) is 47.5 Å². The summed E-state index contributed by atoms with van der Waals surface area (Å²) < 4.78 is 17.1. The van der Waals surface area contributed by atoms with Crippen LogP contribution in [0, 0.1) is 0 Å². The minimum atomic E-state index is -0.0672. The highest BCUT2D eigenvalue weighted by molar-refractivity contribution is 5.76. The van der Waals surface area contributed by atoms with Crippen LogP contribution >= 0.6 is 0 Å². The number of benzene rings is 1. The number of rotatable bonds is 6. The molecule has 2 aliphatic heterocycles. The van der Waals surface area contributed by atoms with Crippen molar-refractivity contribution in [3.63, 3.8) is 0 Å². The number of piperidine rings is 1. The molecule has 144 valence electrons. The summed E-state index contributed by atoms with van der Waals surface area (Å²) in [6.45, 7) is 3.74. The van der Waals surface area contributed by atoms with Gasteiger partial charge in [-0.3, -0.25) is 9.69 Å². The van der Waals surface area contributed by atoms with Gasteiger partial charge in [-0.15, -0.1) is 0 Å². The fourth-order valence-electron chi connectivity index (χ4n) is 3.68. The maximum atomic E-state index is 11.7. The molecule has 0 unspecified atom stereocenters. The van der Waals surface area contributed by atoms with E-state index in [-0.39, 0.29) is 24.2 Å². The molecule has 2 heterocycles. The number of hydrogen-bond donors (Lipinski definition) is 0. The first-order valence-corrected chi connectivity index (χ1v) is 9.31. The SMILES string of the molecule is COc1ccc(CN2CCC3(CC2)C[C@H](OCC(=O)N(C)C)CO3)cc1. The molecule has 2 saturated heterocycles. The van der Waals surface area contributed by atoms with Crippen LogP contribution in [0.3, 0.4) is 0 Å². The van der Waals surface area contributed by atoms with E-state index in [1.54, 1.807) is 26.1 Å². The zero-order chi connectivity index (χ0) is 18.6. The number of hydrogen-bond acceptors (Lipinski definition) is 5. The third kappa shape index (κ3) is 4.75. The number of nitrogens with zero attached hydrogens (tertiary/aromatic N) is 2. The van der Waals surface area contributed by atoms with Crippen molar-refractivity contribution in [1.82, 2.24) is 9.80 Å². The van der Waals surface area contributed by atoms with Gasteiger partial charge in [-0.25, -0.2) is 0 Å². The van der Waals surface area contributed by atoms with Gasteiger partial charge in [0, 0.05) is 40.2 Å². The fourth-order valence-corrected chi connectivity index (χ4v) is 3.68. The second-order valence-electron chi connectivity index (χ2n) is 7.54. The summed E-state index contributed by atoms with van der Waals surface area (Å²) in [5, 5.41) is 0. The van der Waals surface area contributed by atoms with Gasteiger partial charge < -0.3 is 19.1 Å². The predicted octanol–water partition coefficient (Wildman–Crippen LogP) is 1.92. The maximum Gasteiger partial charge on any atom is 0.248 e. The van der Waals surface area contributed by atoms with Crippen molar-refractivity contribution < 1.29 is 19.0 Å². The highest BCUT2D eigenvalue weighted by Gasteiger charge is 2.43. The first-order chi connectivity index (χ1) is 12.5. The van der Waals surface area contributed by atoms with Crippen molar-refractivity contribution in [3.8, 4) is 5.75 Å². The molecule has 1 amide bonds. The van der Waals surface area contributed by atoms with Crippen molar-refractivity contribution in [3.05, 3.63) is 29.8 Å². The summed E-state index contributed by atoms with van der Waals surface area (Å²) in [5.41, 5.74) is 1.24. The Morgan fingerprint density at radius 1 is 1.27 bits per heavy atom. The second kappa shape index (κ2) is 8.37. The molecule has 0 bridgehead atoms. The van der Waals surface area contributed by atoms with Gasteiger partial charge in [0.2, 0.25) is 5.91 Å². The van der Waals surface area contributed by atoms with E-state index in [9.17, 15) is 4.79 Å². The van der Waals surface area contributed by atoms with Crippen LogP contribution in [0.1, 0.15) is 24.8 Å². The lowest BCUT2D eigenvalue weighted by molar-refractivity contribution is -0.135. The Morgan fingerprint density at radius 3 is 2.58 bits per heavy atom. The minimum absolute atomic E-state index is 0.000242. The van der Waals surface area contributed by atoms with Gasteiger partial charge in [-0.05, 0) is 30.5 Å². The van der Waals surface area contributed by atoms with E-state index >= 15 is 0 Å². The number of methoxy groups -OCH3 is 1. The van der Waals surface area contributed by atoms with Crippen LogP contribution in [0.4, 0.5) is 0 Å². The van der Waals surface area contributed by atoms with Crippen LogP contribution in [-0.2, 0) is 20.8 Å². The average Bonchev–Trinajstić information content (AvgIpc) is 3.05. The average molecular weight is 362 g/mol. The van der Waals surface area contributed by atoms with Gasteiger partial charge in [0.05, 0.1) is 25.4 Å². The summed E-state index contributed by atoms with van der Waals surface area (Å²) in [7, 11) is 5.18. The minimum Gasteiger partial charge on any atom is -0.497 e. The van der Waals surface area contributed by atoms with Crippen LogP contribution in [0.25, 0.3) is 0 Å². The number of likely N-dealkylation sites (tertiary alicyclic amines) is 1. The van der Waals surface area contributed by atoms with Gasteiger partial charge in [-0.1, -0.05) is 12.1 Å². The Labute approximate surface area is 156 Å². The van der Waals surface area contributed by atoms with Crippen molar-refractivity contribution in [1.29, 1.82) is 0 Å². The van der Waals surface area contributed by atoms with E-state index in [1.807, 2.05) is 12.1 Å². The van der Waals surface area contributed by atoms with E-state index in [0.29, 0.717) is 6.61 Å². The normalized spacial score (nSPS) is 22.5. The molecule has 0 aliphatic carbocycles. The smallest absolute Gasteiger partial charge is 0.248 e. The van der Waals surface area contributed by atoms with Crippen LogP contribution in [-0.4, -0.2) is 74.9 Å². The first-order valence-electron chi connectivity index (χ1n) is 9.31. The van der Waals surface area contributed by atoms with Crippen LogP contribution < -0.4 is 4.74 Å². The van der Waals surface area contributed by atoms with Gasteiger partial charge in [-0.2, -0.15) is 0 Å². The molecule has 0 N–H and O–H groups in total. The highest BCUT2D eigenvalue weighted by Crippen LogP contribution is 2.37. The van der Waals surface area contributed by atoms with E-state index in [0.717, 1.165) is 44.6 Å². The summed E-state index contributed by atoms with van der Waals surface area (Å²) in [6.07, 6.45) is 2.96. The van der Waals surface area contributed by atoms with Gasteiger partial charge in [0.15, 0.2) is 0 Å². The Bertz CT molecular complexity index is 594. The van der Waals surface area contributed by atoms with Crippen LogP contribution in [0.5, 0.6) is 5.75 Å². The third-order valence-electron chi connectivity index (χ3n) is 5.45. The molecule has 1 atom stereocenters. The van der Waals surface area contributed by atoms with E-state index in [1.165, 1.54) is 5.56 Å². The Kier molecular flexibility index (Phi) is 6.16. The summed E-state index contributed by atoms with van der Waals surface area (Å²) >= 11 is 0. The maximum absolute atomic E-state index is 11.7. The number of carbonyl (C=O) groups is 1. The van der Waals surface area contributed by atoms with E-state index in [4.69, 9.17) is 14.2 Å². The molecule has 0 saturated carbocycles. The molecule has 0 radical (unpaired) electrons. The fraction of sp³-hybridized carbons (Fsp3) is 0.650. The first kappa shape index (κ1) is 19.1. The summed E-state index contributed by atoms with van der Waals surface area (Å²) in [5.74, 6) is 0.893. The molecule has 1 aromatic rings. The summed E-state index contributed by atoms with van der Waals surface area (Å²) in [6, 6.07) is 8.28. The van der Waals surface area contributed by atoms with Crippen molar-refractivity contribution >= 4 is 5.91 Å². The number of likely N-dealkylation sites (N-methyl/N-ethyl adjacent to an activating group) is 1. The monoisotopic (exact) mass is 362 g/mol. The molecule has 0 aromatic heterocycles. The lowest BCUT2D eigenvalue weighted by atomic mass is 9.88. The van der Waals surface area contributed by atoms with E-state index in [2.05, 4.69) is 17.0 Å². The molecule has 6 nitrogen and oxygen atoms in total. The molecule has 1 aromatic carbocycles. The molecule has 2 aliphatic rings. The molecule has 3 rings (SSSR count). The molecule has 2 fully saturated rings. The predicted molar refractivity (Wildman–Crippen MR) is 99.2 cm³/mol. The molecular weight excluding hydrogens is 332 g/mol. The van der Waals surface area contributed by atoms with Crippen molar-refractivity contribution in [2.45, 2.75) is 37.5 Å². The largest absolute Gasteiger partial charge is 0.497 e. The molecule has 26 heavy (non-hydrogen) atoms. The van der Waals surface area contributed by atoms with E-state index < -0.39 is 0 Å². The highest BCUT2D eigenvalue weighted by atomic mass is 16.6. The number of carbonyl (C=O) groups excluding carboxylic acids is 1. The topological polar surface area (TPSA) is 51.2 Å².